The van der Waals surface area contributed by atoms with E-state index in [1.54, 1.807) is 6.07 Å². The van der Waals surface area contributed by atoms with E-state index in [-0.39, 0.29) is 6.42 Å². The van der Waals surface area contributed by atoms with Crippen LogP contribution in [0.25, 0.3) is 0 Å². The van der Waals surface area contributed by atoms with Crippen LogP contribution >= 0.6 is 15.9 Å². The molecular formula is C11H15BrFNO2. The Bertz CT molecular complexity index is 358. The minimum absolute atomic E-state index is 0.125. The van der Waals surface area contributed by atoms with Crippen molar-refractivity contribution in [3.05, 3.63) is 34.1 Å². The van der Waals surface area contributed by atoms with E-state index < -0.39 is 17.8 Å². The Morgan fingerprint density at radius 2 is 2.12 bits per heavy atom. The predicted molar refractivity (Wildman–Crippen MR) is 64.8 cm³/mol. The summed E-state index contributed by atoms with van der Waals surface area (Å²) >= 11 is 3.00. The quantitative estimate of drug-likeness (QED) is 0.900. The molecule has 3 N–H and O–H groups in total. The van der Waals surface area contributed by atoms with E-state index >= 15 is 0 Å². The van der Waals surface area contributed by atoms with E-state index in [1.165, 1.54) is 12.1 Å². The number of carboxylic acids is 1. The fraction of sp³-hybridized carbons (Fsp3) is 0.364. The van der Waals surface area contributed by atoms with Crippen LogP contribution in [0.5, 0.6) is 0 Å². The molecule has 0 bridgehead atoms. The maximum Gasteiger partial charge on any atom is 0.320 e. The van der Waals surface area contributed by atoms with Gasteiger partial charge in [0.05, 0.1) is 4.47 Å². The van der Waals surface area contributed by atoms with Crippen LogP contribution in [-0.4, -0.2) is 17.1 Å². The largest absolute Gasteiger partial charge is 0.480 e. The molecule has 1 unspecified atom stereocenters. The van der Waals surface area contributed by atoms with E-state index in [4.69, 9.17) is 10.8 Å². The normalized spacial score (nSPS) is 11.3. The number of halogens is 2. The molecule has 0 aromatic heterocycles. The van der Waals surface area contributed by atoms with Crippen LogP contribution < -0.4 is 5.73 Å². The summed E-state index contributed by atoms with van der Waals surface area (Å²) < 4.78 is 13.3. The molecule has 0 spiro atoms. The zero-order chi connectivity index (χ0) is 12.7. The highest BCUT2D eigenvalue weighted by Gasteiger charge is 2.12. The summed E-state index contributed by atoms with van der Waals surface area (Å²) in [5, 5.41) is 8.54. The van der Waals surface area contributed by atoms with Crippen LogP contribution in [0.2, 0.25) is 0 Å². The summed E-state index contributed by atoms with van der Waals surface area (Å²) in [4.78, 5) is 10.4. The van der Waals surface area contributed by atoms with Gasteiger partial charge < -0.3 is 10.8 Å². The number of hydrogen-bond acceptors (Lipinski definition) is 2. The highest BCUT2D eigenvalue weighted by atomic mass is 79.9. The molecule has 1 atom stereocenters. The summed E-state index contributed by atoms with van der Waals surface area (Å²) in [6, 6.07) is 3.44. The summed E-state index contributed by atoms with van der Waals surface area (Å²) in [5.74, 6) is -1.51. The van der Waals surface area contributed by atoms with Gasteiger partial charge in [-0.25, -0.2) is 4.39 Å². The first-order valence-corrected chi connectivity index (χ1v) is 5.72. The lowest BCUT2D eigenvalue weighted by Gasteiger charge is -2.06. The Kier molecular flexibility index (Phi) is 6.92. The van der Waals surface area contributed by atoms with Crippen molar-refractivity contribution >= 4 is 21.9 Å². The molecule has 1 aromatic carbocycles. The monoisotopic (exact) mass is 291 g/mol. The van der Waals surface area contributed by atoms with Gasteiger partial charge >= 0.3 is 5.97 Å². The van der Waals surface area contributed by atoms with Crippen LogP contribution in [0.15, 0.2) is 22.7 Å². The molecule has 0 saturated carbocycles. The highest BCUT2D eigenvalue weighted by molar-refractivity contribution is 9.10. The molecule has 1 rings (SSSR count). The third kappa shape index (κ3) is 4.72. The Hall–Kier alpha value is -0.940. The molecule has 3 nitrogen and oxygen atoms in total. The first-order chi connectivity index (χ1) is 7.50. The van der Waals surface area contributed by atoms with Gasteiger partial charge in [-0.05, 0) is 40.0 Å². The van der Waals surface area contributed by atoms with Crippen LogP contribution in [0.1, 0.15) is 19.4 Å². The molecule has 0 aliphatic heterocycles. The van der Waals surface area contributed by atoms with Crippen molar-refractivity contribution < 1.29 is 14.3 Å². The van der Waals surface area contributed by atoms with Crippen molar-refractivity contribution in [3.8, 4) is 0 Å². The molecule has 0 heterocycles. The first-order valence-electron chi connectivity index (χ1n) is 4.93. The van der Waals surface area contributed by atoms with Crippen LogP contribution in [0, 0.1) is 5.82 Å². The molecule has 0 fully saturated rings. The van der Waals surface area contributed by atoms with Gasteiger partial charge in [-0.3, -0.25) is 4.79 Å². The van der Waals surface area contributed by atoms with Crippen molar-refractivity contribution in [2.24, 2.45) is 5.73 Å². The predicted octanol–water partition coefficient (Wildman–Crippen LogP) is 2.57. The number of benzene rings is 1. The second kappa shape index (κ2) is 7.35. The molecule has 0 aliphatic rings. The zero-order valence-electron chi connectivity index (χ0n) is 9.21. The number of carboxylic acid groups (broad SMARTS) is 1. The highest BCUT2D eigenvalue weighted by Crippen LogP contribution is 2.16. The van der Waals surface area contributed by atoms with Crippen molar-refractivity contribution in [1.29, 1.82) is 0 Å². The molecule has 16 heavy (non-hydrogen) atoms. The molecular weight excluding hydrogens is 277 g/mol. The number of aliphatic carboxylic acids is 1. The Morgan fingerprint density at radius 1 is 1.56 bits per heavy atom. The lowest BCUT2D eigenvalue weighted by molar-refractivity contribution is -0.138. The van der Waals surface area contributed by atoms with Crippen LogP contribution in [0.4, 0.5) is 4.39 Å². The fourth-order valence-corrected chi connectivity index (χ4v) is 1.25. The van der Waals surface area contributed by atoms with Gasteiger partial charge in [0.2, 0.25) is 0 Å². The van der Waals surface area contributed by atoms with Crippen molar-refractivity contribution in [3.63, 3.8) is 0 Å². The molecule has 0 amide bonds. The van der Waals surface area contributed by atoms with Crippen molar-refractivity contribution in [2.45, 2.75) is 26.3 Å². The van der Waals surface area contributed by atoms with Gasteiger partial charge in [0.1, 0.15) is 11.9 Å². The Morgan fingerprint density at radius 3 is 2.56 bits per heavy atom. The SMILES string of the molecule is CC.NC(Cc1ccc(Br)c(F)c1)C(=O)O. The molecule has 0 saturated heterocycles. The number of nitrogens with two attached hydrogens (primary N) is 1. The zero-order valence-corrected chi connectivity index (χ0v) is 10.8. The van der Waals surface area contributed by atoms with Crippen LogP contribution in [0.3, 0.4) is 0 Å². The second-order valence-corrected chi connectivity index (χ2v) is 3.75. The number of carbonyl (C=O) groups is 1. The first kappa shape index (κ1) is 15.1. The maximum absolute atomic E-state index is 13.0. The van der Waals surface area contributed by atoms with Gasteiger partial charge in [-0.1, -0.05) is 19.9 Å². The minimum atomic E-state index is -1.09. The van der Waals surface area contributed by atoms with Gasteiger partial charge in [-0.15, -0.1) is 0 Å². The lowest BCUT2D eigenvalue weighted by Crippen LogP contribution is -2.32. The van der Waals surface area contributed by atoms with Gasteiger partial charge in [0, 0.05) is 0 Å². The average molecular weight is 292 g/mol. The second-order valence-electron chi connectivity index (χ2n) is 2.90. The molecule has 0 radical (unpaired) electrons. The van der Waals surface area contributed by atoms with E-state index in [0.717, 1.165) is 0 Å². The molecule has 0 aliphatic carbocycles. The molecule has 90 valence electrons. The average Bonchev–Trinajstić information content (AvgIpc) is 2.26. The lowest BCUT2D eigenvalue weighted by atomic mass is 10.1. The fourth-order valence-electron chi connectivity index (χ4n) is 1.01. The van der Waals surface area contributed by atoms with Gasteiger partial charge in [0.15, 0.2) is 0 Å². The van der Waals surface area contributed by atoms with E-state index in [0.29, 0.717) is 10.0 Å². The van der Waals surface area contributed by atoms with Gasteiger partial charge in [-0.2, -0.15) is 0 Å². The van der Waals surface area contributed by atoms with Crippen molar-refractivity contribution in [1.82, 2.24) is 0 Å². The standard InChI is InChI=1S/C9H9BrFNO2.C2H6/c10-6-2-1-5(3-7(6)11)4-8(12)9(13)14;1-2/h1-3,8H,4,12H2,(H,13,14);1-2H3. The van der Waals surface area contributed by atoms with Crippen LogP contribution in [-0.2, 0) is 11.2 Å². The van der Waals surface area contributed by atoms with E-state index in [9.17, 15) is 9.18 Å². The number of hydrogen-bond donors (Lipinski definition) is 2. The summed E-state index contributed by atoms with van der Waals surface area (Å²) in [6.45, 7) is 4.00. The summed E-state index contributed by atoms with van der Waals surface area (Å²) in [5.41, 5.74) is 5.87. The smallest absolute Gasteiger partial charge is 0.320 e. The Balaban J connectivity index is 0.00000106. The summed E-state index contributed by atoms with van der Waals surface area (Å²) in [6.07, 6.45) is 0.125. The molecule has 5 heteroatoms. The Labute approximate surface area is 103 Å². The maximum atomic E-state index is 13.0. The third-order valence-electron chi connectivity index (χ3n) is 1.76. The summed E-state index contributed by atoms with van der Waals surface area (Å²) in [7, 11) is 0. The van der Waals surface area contributed by atoms with E-state index in [2.05, 4.69) is 15.9 Å². The van der Waals surface area contributed by atoms with Gasteiger partial charge in [0.25, 0.3) is 0 Å². The third-order valence-corrected chi connectivity index (χ3v) is 2.40. The minimum Gasteiger partial charge on any atom is -0.480 e. The topological polar surface area (TPSA) is 63.3 Å². The van der Waals surface area contributed by atoms with Crippen molar-refractivity contribution in [2.75, 3.05) is 0 Å². The van der Waals surface area contributed by atoms with E-state index in [1.807, 2.05) is 13.8 Å². The number of rotatable bonds is 3. The molecule has 1 aromatic rings.